The van der Waals surface area contributed by atoms with E-state index in [9.17, 15) is 9.59 Å². The maximum Gasteiger partial charge on any atom is 0.368 e. The highest BCUT2D eigenvalue weighted by atomic mass is 17.1. The fourth-order valence-corrected chi connectivity index (χ4v) is 0.930. The Morgan fingerprint density at radius 1 is 1.17 bits per heavy atom. The molecule has 0 saturated heterocycles. The third-order valence-electron chi connectivity index (χ3n) is 1.84. The molecule has 0 unspecified atom stereocenters. The molecule has 0 aromatic rings. The molecular weight excluding hydrogens is 240 g/mol. The fourth-order valence-electron chi connectivity index (χ4n) is 0.930. The van der Waals surface area contributed by atoms with Crippen LogP contribution in [-0.2, 0) is 19.4 Å². The van der Waals surface area contributed by atoms with Crippen LogP contribution in [0.3, 0.4) is 0 Å². The topological polar surface area (TPSA) is 93.1 Å². The Labute approximate surface area is 106 Å². The molecule has 0 aromatic carbocycles. The highest BCUT2D eigenvalue weighted by Crippen LogP contribution is 2.02. The molecule has 0 aliphatic rings. The van der Waals surface area contributed by atoms with E-state index < -0.39 is 11.9 Å². The van der Waals surface area contributed by atoms with Crippen molar-refractivity contribution in [1.29, 1.82) is 0 Å². The van der Waals surface area contributed by atoms with Crippen molar-refractivity contribution in [2.45, 2.75) is 40.0 Å². The predicted octanol–water partition coefficient (Wildman–Crippen LogP) is 2.72. The van der Waals surface area contributed by atoms with Crippen LogP contribution in [0.5, 0.6) is 0 Å². The molecule has 0 rings (SSSR count). The summed E-state index contributed by atoms with van der Waals surface area (Å²) in [6, 6.07) is 0. The maximum absolute atomic E-state index is 10.4. The molecule has 0 aliphatic heterocycles. The van der Waals surface area contributed by atoms with Gasteiger partial charge in [0.2, 0.25) is 0 Å². The Morgan fingerprint density at radius 3 is 2.00 bits per heavy atom. The van der Waals surface area contributed by atoms with E-state index in [1.165, 1.54) is 0 Å². The summed E-state index contributed by atoms with van der Waals surface area (Å²) in [6.45, 7) is 8.78. The van der Waals surface area contributed by atoms with Gasteiger partial charge in [0.05, 0.1) is 0 Å². The van der Waals surface area contributed by atoms with Crippen LogP contribution in [-0.4, -0.2) is 22.5 Å². The van der Waals surface area contributed by atoms with Crippen molar-refractivity contribution in [3.63, 3.8) is 0 Å². The van der Waals surface area contributed by atoms with Gasteiger partial charge in [0.25, 0.3) is 0 Å². The number of carbonyl (C=O) groups excluding carboxylic acids is 2. The molecular formula is C12H20O6. The first-order chi connectivity index (χ1) is 8.44. The zero-order valence-electron chi connectivity index (χ0n) is 10.9. The number of hydrogen-bond acceptors (Lipinski definition) is 6. The molecule has 2 N–H and O–H groups in total. The second-order valence-corrected chi connectivity index (χ2v) is 3.41. The lowest BCUT2D eigenvalue weighted by molar-refractivity contribution is -0.229. The molecule has 0 aliphatic carbocycles. The Balaban J connectivity index is 0. The molecule has 6 heteroatoms. The summed E-state index contributed by atoms with van der Waals surface area (Å²) in [5.74, 6) is -1.42. The van der Waals surface area contributed by atoms with E-state index in [1.54, 1.807) is 13.0 Å². The van der Waals surface area contributed by atoms with Crippen LogP contribution in [0.25, 0.3) is 0 Å². The van der Waals surface area contributed by atoms with Gasteiger partial charge in [-0.1, -0.05) is 32.9 Å². The smallest absolute Gasteiger partial charge is 0.296 e. The number of hydrogen-bond donors (Lipinski definition) is 2. The maximum atomic E-state index is 10.4. The summed E-state index contributed by atoms with van der Waals surface area (Å²) in [5, 5.41) is 15.7. The van der Waals surface area contributed by atoms with E-state index in [4.69, 9.17) is 10.5 Å². The minimum atomic E-state index is -0.739. The van der Waals surface area contributed by atoms with Gasteiger partial charge in [0.1, 0.15) is 0 Å². The molecule has 0 fully saturated rings. The van der Waals surface area contributed by atoms with Gasteiger partial charge in [-0.25, -0.2) is 9.59 Å². The van der Waals surface area contributed by atoms with Gasteiger partial charge < -0.3 is 0 Å². The minimum absolute atomic E-state index is 0.306. The Bertz CT molecular complexity index is 306. The van der Waals surface area contributed by atoms with Crippen molar-refractivity contribution < 1.29 is 29.9 Å². The molecule has 0 spiro atoms. The van der Waals surface area contributed by atoms with Crippen LogP contribution in [0.15, 0.2) is 23.8 Å². The van der Waals surface area contributed by atoms with Gasteiger partial charge >= 0.3 is 11.9 Å². The van der Waals surface area contributed by atoms with E-state index in [-0.39, 0.29) is 0 Å². The highest BCUT2D eigenvalue weighted by molar-refractivity contribution is 5.87. The first-order valence-electron chi connectivity index (χ1n) is 5.50. The Morgan fingerprint density at radius 2 is 1.67 bits per heavy atom. The summed E-state index contributed by atoms with van der Waals surface area (Å²) >= 11 is 0. The zero-order chi connectivity index (χ0) is 14.6. The highest BCUT2D eigenvalue weighted by Gasteiger charge is 2.05. The lowest BCUT2D eigenvalue weighted by atomic mass is 10.2. The van der Waals surface area contributed by atoms with Crippen molar-refractivity contribution in [1.82, 2.24) is 0 Å². The van der Waals surface area contributed by atoms with Crippen LogP contribution in [0.2, 0.25) is 0 Å². The second kappa shape index (κ2) is 11.8. The van der Waals surface area contributed by atoms with E-state index in [0.29, 0.717) is 17.6 Å². The SMILES string of the molecule is C=C(CCC)C(=O)OO.CCC=C(C)C(=O)OO. The van der Waals surface area contributed by atoms with Gasteiger partial charge in [-0.05, 0) is 19.8 Å². The molecule has 104 valence electrons. The summed E-state index contributed by atoms with van der Waals surface area (Å²) in [6.07, 6.45) is 3.84. The predicted molar refractivity (Wildman–Crippen MR) is 65.5 cm³/mol. The summed E-state index contributed by atoms with van der Waals surface area (Å²) in [5.41, 5.74) is 0.736. The first-order valence-corrected chi connectivity index (χ1v) is 5.50. The lowest BCUT2D eigenvalue weighted by Gasteiger charge is -1.96. The first kappa shape index (κ1) is 18.7. The minimum Gasteiger partial charge on any atom is -0.296 e. The van der Waals surface area contributed by atoms with Gasteiger partial charge in [-0.2, -0.15) is 10.5 Å². The van der Waals surface area contributed by atoms with Crippen molar-refractivity contribution >= 4 is 11.9 Å². The van der Waals surface area contributed by atoms with E-state index in [1.807, 2.05) is 13.8 Å². The van der Waals surface area contributed by atoms with Crippen LogP contribution in [0.1, 0.15) is 40.0 Å². The van der Waals surface area contributed by atoms with E-state index in [0.717, 1.165) is 12.8 Å². The summed E-state index contributed by atoms with van der Waals surface area (Å²) in [7, 11) is 0. The molecule has 0 saturated carbocycles. The van der Waals surface area contributed by atoms with Gasteiger partial charge in [-0.3, -0.25) is 9.78 Å². The molecule has 0 bridgehead atoms. The molecule has 0 radical (unpaired) electrons. The second-order valence-electron chi connectivity index (χ2n) is 3.41. The zero-order valence-corrected chi connectivity index (χ0v) is 10.9. The molecule has 0 atom stereocenters. The van der Waals surface area contributed by atoms with Crippen molar-refractivity contribution in [3.05, 3.63) is 23.8 Å². The fraction of sp³-hybridized carbons (Fsp3) is 0.500. The van der Waals surface area contributed by atoms with Crippen molar-refractivity contribution in [2.75, 3.05) is 0 Å². The van der Waals surface area contributed by atoms with E-state index >= 15 is 0 Å². The van der Waals surface area contributed by atoms with Crippen LogP contribution in [0, 0.1) is 0 Å². The molecule has 6 nitrogen and oxygen atoms in total. The normalized spacial score (nSPS) is 9.94. The van der Waals surface area contributed by atoms with Crippen LogP contribution in [0.4, 0.5) is 0 Å². The summed E-state index contributed by atoms with van der Waals surface area (Å²) < 4.78 is 0. The number of carbonyl (C=O) groups is 2. The van der Waals surface area contributed by atoms with Crippen LogP contribution >= 0.6 is 0 Å². The van der Waals surface area contributed by atoms with Crippen molar-refractivity contribution in [2.24, 2.45) is 0 Å². The third-order valence-corrected chi connectivity index (χ3v) is 1.84. The average Bonchev–Trinajstić information content (AvgIpc) is 2.38. The molecule has 18 heavy (non-hydrogen) atoms. The van der Waals surface area contributed by atoms with Crippen molar-refractivity contribution in [3.8, 4) is 0 Å². The molecule has 0 heterocycles. The van der Waals surface area contributed by atoms with Gasteiger partial charge in [0, 0.05) is 11.1 Å². The number of rotatable bonds is 5. The Kier molecular flexibility index (Phi) is 12.3. The monoisotopic (exact) mass is 260 g/mol. The van der Waals surface area contributed by atoms with E-state index in [2.05, 4.69) is 16.4 Å². The quantitative estimate of drug-likeness (QED) is 0.448. The standard InChI is InChI=1S/2C6H10O3/c2*1-3-4-5(2)6(7)9-8/h4,8H,3H2,1-2H3;8H,2-4H2,1H3. The third kappa shape index (κ3) is 9.56. The number of allylic oxidation sites excluding steroid dienone is 1. The largest absolute Gasteiger partial charge is 0.368 e. The lowest BCUT2D eigenvalue weighted by Crippen LogP contribution is -2.02. The van der Waals surface area contributed by atoms with Gasteiger partial charge in [-0.15, -0.1) is 0 Å². The average molecular weight is 260 g/mol. The molecule has 0 amide bonds. The molecule has 0 aromatic heterocycles. The summed E-state index contributed by atoms with van der Waals surface area (Å²) in [4.78, 5) is 27.6. The Hall–Kier alpha value is -1.66. The van der Waals surface area contributed by atoms with Crippen LogP contribution < -0.4 is 0 Å². The van der Waals surface area contributed by atoms with Gasteiger partial charge in [0.15, 0.2) is 0 Å².